The Labute approximate surface area is 108 Å². The Kier molecular flexibility index (Phi) is 3.43. The Morgan fingerprint density at radius 1 is 1.22 bits per heavy atom. The minimum Gasteiger partial charge on any atom is -0.378 e. The van der Waals surface area contributed by atoms with Gasteiger partial charge in [-0.05, 0) is 6.42 Å². The van der Waals surface area contributed by atoms with Gasteiger partial charge < -0.3 is 15.0 Å². The first-order valence-electron chi connectivity index (χ1n) is 6.80. The van der Waals surface area contributed by atoms with Crippen molar-refractivity contribution >= 4 is 5.95 Å². The summed E-state index contributed by atoms with van der Waals surface area (Å²) in [7, 11) is 0. The van der Waals surface area contributed by atoms with Crippen molar-refractivity contribution in [2.24, 2.45) is 0 Å². The second-order valence-corrected chi connectivity index (χ2v) is 4.85. The van der Waals surface area contributed by atoms with E-state index in [4.69, 9.17) is 14.7 Å². The zero-order valence-corrected chi connectivity index (χ0v) is 10.9. The largest absolute Gasteiger partial charge is 0.378 e. The molecule has 1 aromatic heterocycles. The van der Waals surface area contributed by atoms with Crippen molar-refractivity contribution in [1.82, 2.24) is 15.3 Å². The first kappa shape index (κ1) is 11.9. The fraction of sp³-hybridized carbons (Fsp3) is 0.692. The zero-order valence-electron chi connectivity index (χ0n) is 10.9. The zero-order chi connectivity index (χ0) is 12.4. The van der Waals surface area contributed by atoms with Crippen molar-refractivity contribution in [3.63, 3.8) is 0 Å². The summed E-state index contributed by atoms with van der Waals surface area (Å²) in [6.45, 7) is 7.37. The molecule has 0 amide bonds. The van der Waals surface area contributed by atoms with Gasteiger partial charge in [0, 0.05) is 31.7 Å². The van der Waals surface area contributed by atoms with Gasteiger partial charge in [-0.3, -0.25) is 0 Å². The Bertz CT molecular complexity index is 429. The first-order valence-corrected chi connectivity index (χ1v) is 6.80. The van der Waals surface area contributed by atoms with Crippen molar-refractivity contribution < 1.29 is 4.74 Å². The molecule has 98 valence electrons. The van der Waals surface area contributed by atoms with Gasteiger partial charge in [0.1, 0.15) is 0 Å². The molecule has 0 radical (unpaired) electrons. The van der Waals surface area contributed by atoms with E-state index in [1.165, 1.54) is 17.0 Å². The lowest BCUT2D eigenvalue weighted by Crippen LogP contribution is -2.37. The van der Waals surface area contributed by atoms with Crippen LogP contribution in [0.4, 0.5) is 5.95 Å². The van der Waals surface area contributed by atoms with Crippen molar-refractivity contribution in [2.75, 3.05) is 31.2 Å². The third-order valence-corrected chi connectivity index (χ3v) is 3.54. The number of morpholine rings is 1. The fourth-order valence-electron chi connectivity index (χ4n) is 2.57. The van der Waals surface area contributed by atoms with E-state index in [2.05, 4.69) is 17.1 Å². The minimum atomic E-state index is 0.780. The molecule has 0 bridgehead atoms. The number of nitrogens with zero attached hydrogens (tertiary/aromatic N) is 3. The summed E-state index contributed by atoms with van der Waals surface area (Å²) in [4.78, 5) is 11.7. The minimum absolute atomic E-state index is 0.780. The summed E-state index contributed by atoms with van der Waals surface area (Å²) < 4.78 is 5.38. The molecule has 1 aromatic rings. The van der Waals surface area contributed by atoms with Gasteiger partial charge in [-0.15, -0.1) is 0 Å². The van der Waals surface area contributed by atoms with E-state index in [1.54, 1.807) is 0 Å². The molecular formula is C13H20N4O. The number of nitrogens with one attached hydrogen (secondary N) is 1. The third-order valence-electron chi connectivity index (χ3n) is 3.54. The molecule has 0 atom stereocenters. The van der Waals surface area contributed by atoms with E-state index >= 15 is 0 Å². The third kappa shape index (κ3) is 2.20. The highest BCUT2D eigenvalue weighted by Gasteiger charge is 2.21. The molecule has 0 spiro atoms. The smallest absolute Gasteiger partial charge is 0.226 e. The summed E-state index contributed by atoms with van der Waals surface area (Å²) in [5, 5.41) is 3.37. The molecule has 3 heterocycles. The lowest BCUT2D eigenvalue weighted by Gasteiger charge is -2.27. The van der Waals surface area contributed by atoms with Gasteiger partial charge in [0.2, 0.25) is 5.95 Å². The van der Waals surface area contributed by atoms with Crippen LogP contribution < -0.4 is 10.2 Å². The second-order valence-electron chi connectivity index (χ2n) is 4.85. The number of hydrogen-bond acceptors (Lipinski definition) is 5. The van der Waals surface area contributed by atoms with Crippen LogP contribution in [0, 0.1) is 0 Å². The lowest BCUT2D eigenvalue weighted by atomic mass is 10.1. The van der Waals surface area contributed by atoms with Gasteiger partial charge in [-0.25, -0.2) is 9.97 Å². The molecule has 5 nitrogen and oxygen atoms in total. The van der Waals surface area contributed by atoms with Gasteiger partial charge >= 0.3 is 0 Å². The number of anilines is 1. The molecule has 0 saturated carbocycles. The van der Waals surface area contributed by atoms with E-state index in [-0.39, 0.29) is 0 Å². The number of rotatable bonds is 3. The predicted octanol–water partition coefficient (Wildman–Crippen LogP) is 0.869. The van der Waals surface area contributed by atoms with E-state index < -0.39 is 0 Å². The molecule has 5 heteroatoms. The van der Waals surface area contributed by atoms with Crippen LogP contribution in [-0.4, -0.2) is 36.3 Å². The molecule has 18 heavy (non-hydrogen) atoms. The maximum atomic E-state index is 5.38. The molecule has 1 N–H and O–H groups in total. The number of fused-ring (bicyclic) bond motifs is 1. The number of hydrogen-bond donors (Lipinski definition) is 1. The molecule has 2 aliphatic heterocycles. The van der Waals surface area contributed by atoms with Crippen LogP contribution in [0.2, 0.25) is 0 Å². The van der Waals surface area contributed by atoms with Crippen LogP contribution in [-0.2, 0) is 24.2 Å². The normalized spacial score (nSPS) is 19.1. The SMILES string of the molecule is CCCc1nc(N2CCOCC2)nc2c1CNC2. The fourth-order valence-corrected chi connectivity index (χ4v) is 2.57. The average molecular weight is 248 g/mol. The van der Waals surface area contributed by atoms with Crippen LogP contribution >= 0.6 is 0 Å². The van der Waals surface area contributed by atoms with Crippen molar-refractivity contribution in [3.05, 3.63) is 17.0 Å². The topological polar surface area (TPSA) is 50.3 Å². The highest BCUT2D eigenvalue weighted by molar-refractivity contribution is 5.39. The molecule has 3 rings (SSSR count). The molecule has 0 unspecified atom stereocenters. The van der Waals surface area contributed by atoms with Crippen LogP contribution in [0.15, 0.2) is 0 Å². The maximum absolute atomic E-state index is 5.38. The molecule has 0 aliphatic carbocycles. The number of ether oxygens (including phenoxy) is 1. The quantitative estimate of drug-likeness (QED) is 0.860. The van der Waals surface area contributed by atoms with Crippen LogP contribution in [0.5, 0.6) is 0 Å². The Balaban J connectivity index is 1.92. The highest BCUT2D eigenvalue weighted by atomic mass is 16.5. The van der Waals surface area contributed by atoms with Gasteiger partial charge in [0.15, 0.2) is 0 Å². The van der Waals surface area contributed by atoms with E-state index in [9.17, 15) is 0 Å². The number of aryl methyl sites for hydroxylation is 1. The summed E-state index contributed by atoms with van der Waals surface area (Å²) in [6, 6.07) is 0. The Morgan fingerprint density at radius 3 is 2.83 bits per heavy atom. The Hall–Kier alpha value is -1.20. The average Bonchev–Trinajstić information content (AvgIpc) is 2.88. The Morgan fingerprint density at radius 2 is 2.06 bits per heavy atom. The molecular weight excluding hydrogens is 228 g/mol. The van der Waals surface area contributed by atoms with Gasteiger partial charge in [-0.2, -0.15) is 0 Å². The van der Waals surface area contributed by atoms with Gasteiger partial charge in [0.05, 0.1) is 24.6 Å². The monoisotopic (exact) mass is 248 g/mol. The van der Waals surface area contributed by atoms with E-state index in [0.29, 0.717) is 0 Å². The van der Waals surface area contributed by atoms with Crippen LogP contribution in [0.3, 0.4) is 0 Å². The maximum Gasteiger partial charge on any atom is 0.226 e. The van der Waals surface area contributed by atoms with Crippen molar-refractivity contribution in [3.8, 4) is 0 Å². The van der Waals surface area contributed by atoms with E-state index in [0.717, 1.165) is 58.2 Å². The molecule has 0 aromatic carbocycles. The van der Waals surface area contributed by atoms with Crippen molar-refractivity contribution in [1.29, 1.82) is 0 Å². The number of aromatic nitrogens is 2. The summed E-state index contributed by atoms with van der Waals surface area (Å²) >= 11 is 0. The van der Waals surface area contributed by atoms with Gasteiger partial charge in [-0.1, -0.05) is 13.3 Å². The van der Waals surface area contributed by atoms with E-state index in [1.807, 2.05) is 0 Å². The van der Waals surface area contributed by atoms with Crippen molar-refractivity contribution in [2.45, 2.75) is 32.9 Å². The van der Waals surface area contributed by atoms with Crippen LogP contribution in [0.1, 0.15) is 30.3 Å². The standard InChI is InChI=1S/C13H20N4O/c1-2-3-11-10-8-14-9-12(10)16-13(15-11)17-4-6-18-7-5-17/h14H,2-9H2,1H3. The molecule has 1 saturated heterocycles. The summed E-state index contributed by atoms with van der Waals surface area (Å²) in [6.07, 6.45) is 2.18. The molecule has 1 fully saturated rings. The highest BCUT2D eigenvalue weighted by Crippen LogP contribution is 2.22. The van der Waals surface area contributed by atoms with Crippen LogP contribution in [0.25, 0.3) is 0 Å². The predicted molar refractivity (Wildman–Crippen MR) is 69.6 cm³/mol. The molecule has 2 aliphatic rings. The first-order chi connectivity index (χ1) is 8.88. The van der Waals surface area contributed by atoms with Gasteiger partial charge in [0.25, 0.3) is 0 Å². The summed E-state index contributed by atoms with van der Waals surface area (Å²) in [5.74, 6) is 0.893. The summed E-state index contributed by atoms with van der Waals surface area (Å²) in [5.41, 5.74) is 3.75. The second kappa shape index (κ2) is 5.20. The lowest BCUT2D eigenvalue weighted by molar-refractivity contribution is 0.122.